The van der Waals surface area contributed by atoms with Crippen molar-refractivity contribution in [3.63, 3.8) is 0 Å². The second-order valence-electron chi connectivity index (χ2n) is 4.31. The number of hydrogen-bond acceptors (Lipinski definition) is 6. The quantitative estimate of drug-likeness (QED) is 0.365. The molecule has 3 N–H and O–H groups in total. The van der Waals surface area contributed by atoms with Gasteiger partial charge in [-0.1, -0.05) is 5.16 Å². The van der Waals surface area contributed by atoms with E-state index < -0.39 is 0 Å². The molecule has 0 spiro atoms. The van der Waals surface area contributed by atoms with Crippen LogP contribution >= 0.6 is 11.8 Å². The smallest absolute Gasteiger partial charge is 0.226 e. The first-order valence-corrected chi connectivity index (χ1v) is 6.91. The summed E-state index contributed by atoms with van der Waals surface area (Å²) < 4.78 is 0. The van der Waals surface area contributed by atoms with Crippen molar-refractivity contribution in [1.82, 2.24) is 9.97 Å². The fourth-order valence-corrected chi connectivity index (χ4v) is 3.15. The monoisotopic (exact) mass is 267 g/mol. The molecule has 0 amide bonds. The molecule has 1 aromatic heterocycles. The summed E-state index contributed by atoms with van der Waals surface area (Å²) in [5, 5.41) is 11.7. The van der Waals surface area contributed by atoms with Gasteiger partial charge in [-0.15, -0.1) is 0 Å². The minimum atomic E-state index is 0.0101. The number of aryl methyl sites for hydroxylation is 1. The van der Waals surface area contributed by atoms with E-state index in [2.05, 4.69) is 20.0 Å². The molecule has 0 radical (unpaired) electrons. The van der Waals surface area contributed by atoms with E-state index in [0.717, 1.165) is 17.9 Å². The summed E-state index contributed by atoms with van der Waals surface area (Å²) in [6.45, 7) is 1.87. The number of oxime groups is 1. The molecule has 0 aliphatic carbocycles. The van der Waals surface area contributed by atoms with Crippen LogP contribution in [0.3, 0.4) is 0 Å². The van der Waals surface area contributed by atoms with Gasteiger partial charge in [0.25, 0.3) is 0 Å². The number of anilines is 1. The van der Waals surface area contributed by atoms with Crippen LogP contribution in [0, 0.1) is 6.92 Å². The van der Waals surface area contributed by atoms with Crippen molar-refractivity contribution in [1.29, 1.82) is 0 Å². The highest BCUT2D eigenvalue weighted by atomic mass is 32.2. The van der Waals surface area contributed by atoms with Gasteiger partial charge in [0.05, 0.1) is 0 Å². The molecule has 1 aliphatic rings. The summed E-state index contributed by atoms with van der Waals surface area (Å²) in [5.41, 5.74) is 6.83. The average molecular weight is 267 g/mol. The molecule has 7 heteroatoms. The van der Waals surface area contributed by atoms with Crippen LogP contribution in [-0.2, 0) is 0 Å². The van der Waals surface area contributed by atoms with Gasteiger partial charge in [0.1, 0.15) is 5.69 Å². The second kappa shape index (κ2) is 5.43. The molecule has 1 aromatic rings. The summed E-state index contributed by atoms with van der Waals surface area (Å²) in [7, 11) is 1.99. The number of nitrogens with two attached hydrogens (primary N) is 1. The number of rotatable bonds is 3. The second-order valence-corrected chi connectivity index (χ2v) is 5.46. The first kappa shape index (κ1) is 12.9. The maximum absolute atomic E-state index is 8.71. The van der Waals surface area contributed by atoms with E-state index in [4.69, 9.17) is 10.9 Å². The molecule has 2 rings (SSSR count). The first-order valence-electron chi connectivity index (χ1n) is 5.76. The lowest BCUT2D eigenvalue weighted by atomic mass is 10.2. The molecular weight excluding hydrogens is 250 g/mol. The zero-order valence-electron chi connectivity index (χ0n) is 10.5. The minimum absolute atomic E-state index is 0.0101. The van der Waals surface area contributed by atoms with Gasteiger partial charge in [-0.25, -0.2) is 9.97 Å². The van der Waals surface area contributed by atoms with E-state index in [9.17, 15) is 0 Å². The SMILES string of the molecule is Cc1cc(/C(N)=N/O)nc(N(C)C2CCSC2)n1. The molecule has 18 heavy (non-hydrogen) atoms. The van der Waals surface area contributed by atoms with Crippen LogP contribution in [0.25, 0.3) is 0 Å². The lowest BCUT2D eigenvalue weighted by Gasteiger charge is -2.24. The molecule has 98 valence electrons. The Bertz CT molecular complexity index is 459. The van der Waals surface area contributed by atoms with E-state index >= 15 is 0 Å². The fraction of sp³-hybridized carbons (Fsp3) is 0.545. The highest BCUT2D eigenvalue weighted by Crippen LogP contribution is 2.24. The van der Waals surface area contributed by atoms with Gasteiger partial charge in [-0.3, -0.25) is 0 Å². The number of nitrogens with zero attached hydrogens (tertiary/aromatic N) is 4. The predicted octanol–water partition coefficient (Wildman–Crippen LogP) is 0.821. The van der Waals surface area contributed by atoms with Crippen LogP contribution in [-0.4, -0.2) is 45.6 Å². The Morgan fingerprint density at radius 3 is 3.00 bits per heavy atom. The van der Waals surface area contributed by atoms with Gasteiger partial charge in [0.2, 0.25) is 5.95 Å². The number of aromatic nitrogens is 2. The average Bonchev–Trinajstić information content (AvgIpc) is 2.90. The molecule has 1 atom stereocenters. The van der Waals surface area contributed by atoms with E-state index in [1.54, 1.807) is 6.07 Å². The Morgan fingerprint density at radius 1 is 1.61 bits per heavy atom. The van der Waals surface area contributed by atoms with Gasteiger partial charge in [0, 0.05) is 24.5 Å². The van der Waals surface area contributed by atoms with Crippen molar-refractivity contribution < 1.29 is 5.21 Å². The predicted molar refractivity (Wildman–Crippen MR) is 73.4 cm³/mol. The molecule has 1 aliphatic heterocycles. The van der Waals surface area contributed by atoms with Crippen LogP contribution in [0.1, 0.15) is 17.8 Å². The molecule has 0 bridgehead atoms. The Morgan fingerprint density at radius 2 is 2.39 bits per heavy atom. The Kier molecular flexibility index (Phi) is 3.90. The van der Waals surface area contributed by atoms with Gasteiger partial charge in [-0.05, 0) is 25.2 Å². The van der Waals surface area contributed by atoms with Crippen molar-refractivity contribution in [3.05, 3.63) is 17.5 Å². The Labute approximate surface area is 110 Å². The van der Waals surface area contributed by atoms with Crippen molar-refractivity contribution in [2.45, 2.75) is 19.4 Å². The Balaban J connectivity index is 2.29. The van der Waals surface area contributed by atoms with Crippen LogP contribution in [0.4, 0.5) is 5.95 Å². The van der Waals surface area contributed by atoms with E-state index in [1.165, 1.54) is 5.75 Å². The van der Waals surface area contributed by atoms with Gasteiger partial charge >= 0.3 is 0 Å². The molecule has 1 unspecified atom stereocenters. The zero-order valence-corrected chi connectivity index (χ0v) is 11.3. The van der Waals surface area contributed by atoms with Crippen LogP contribution in [0.5, 0.6) is 0 Å². The lowest BCUT2D eigenvalue weighted by molar-refractivity contribution is 0.318. The molecule has 1 fully saturated rings. The number of hydrogen-bond donors (Lipinski definition) is 2. The van der Waals surface area contributed by atoms with E-state index in [0.29, 0.717) is 17.7 Å². The van der Waals surface area contributed by atoms with Crippen LogP contribution in [0.15, 0.2) is 11.2 Å². The van der Waals surface area contributed by atoms with Crippen molar-refractivity contribution in [3.8, 4) is 0 Å². The molecule has 0 aromatic carbocycles. The van der Waals surface area contributed by atoms with Crippen LogP contribution in [0.2, 0.25) is 0 Å². The third-order valence-electron chi connectivity index (χ3n) is 2.98. The molecule has 6 nitrogen and oxygen atoms in total. The summed E-state index contributed by atoms with van der Waals surface area (Å²) in [6, 6.07) is 2.16. The normalized spacial score (nSPS) is 20.1. The maximum Gasteiger partial charge on any atom is 0.226 e. The van der Waals surface area contributed by atoms with Crippen molar-refractivity contribution in [2.24, 2.45) is 10.9 Å². The highest BCUT2D eigenvalue weighted by Gasteiger charge is 2.22. The third kappa shape index (κ3) is 2.66. The maximum atomic E-state index is 8.71. The Hall–Kier alpha value is -1.50. The number of amidine groups is 1. The third-order valence-corrected chi connectivity index (χ3v) is 4.13. The lowest BCUT2D eigenvalue weighted by Crippen LogP contribution is -2.33. The summed E-state index contributed by atoms with van der Waals surface area (Å²) in [4.78, 5) is 10.8. The van der Waals surface area contributed by atoms with Crippen molar-refractivity contribution in [2.75, 3.05) is 23.5 Å². The summed E-state index contributed by atoms with van der Waals surface area (Å²) in [6.07, 6.45) is 1.14. The van der Waals surface area contributed by atoms with E-state index in [1.807, 2.05) is 25.7 Å². The largest absolute Gasteiger partial charge is 0.409 e. The van der Waals surface area contributed by atoms with Gasteiger partial charge in [0.15, 0.2) is 5.84 Å². The molecule has 2 heterocycles. The highest BCUT2D eigenvalue weighted by molar-refractivity contribution is 7.99. The fourth-order valence-electron chi connectivity index (χ4n) is 1.88. The molecule has 0 saturated carbocycles. The topological polar surface area (TPSA) is 87.6 Å². The van der Waals surface area contributed by atoms with Gasteiger partial charge in [-0.2, -0.15) is 11.8 Å². The van der Waals surface area contributed by atoms with Crippen LogP contribution < -0.4 is 10.6 Å². The standard InChI is InChI=1S/C11H17N5OS/c1-7-5-9(10(12)15-17)14-11(13-7)16(2)8-3-4-18-6-8/h5,8,17H,3-4,6H2,1-2H3,(H2,12,15). The summed E-state index contributed by atoms with van der Waals surface area (Å²) >= 11 is 1.94. The summed E-state index contributed by atoms with van der Waals surface area (Å²) in [5.74, 6) is 2.90. The minimum Gasteiger partial charge on any atom is -0.409 e. The first-order chi connectivity index (χ1) is 8.61. The number of thioether (sulfide) groups is 1. The zero-order chi connectivity index (χ0) is 13.1. The molecular formula is C11H17N5OS. The molecule has 1 saturated heterocycles. The van der Waals surface area contributed by atoms with Crippen molar-refractivity contribution >= 4 is 23.5 Å². The van der Waals surface area contributed by atoms with E-state index in [-0.39, 0.29) is 5.84 Å². The van der Waals surface area contributed by atoms with Gasteiger partial charge < -0.3 is 15.8 Å².